The highest BCUT2D eigenvalue weighted by molar-refractivity contribution is 9.10. The minimum atomic E-state index is 1.05. The van der Waals surface area contributed by atoms with Crippen molar-refractivity contribution in [1.29, 1.82) is 0 Å². The summed E-state index contributed by atoms with van der Waals surface area (Å²) in [5.41, 5.74) is 2.50. The standard InChI is InChI=1S/C12H14BrN3/c1-2-15-3-4-16-11(8-15)6-9-5-10(13)7-14-12(9)16/h5-7H,2-4,8H2,1H3. The van der Waals surface area contributed by atoms with Gasteiger partial charge in [-0.15, -0.1) is 0 Å². The molecular weight excluding hydrogens is 266 g/mol. The van der Waals surface area contributed by atoms with Crippen LogP contribution < -0.4 is 0 Å². The number of hydrogen-bond acceptors (Lipinski definition) is 2. The van der Waals surface area contributed by atoms with Crippen LogP contribution in [0.25, 0.3) is 11.0 Å². The second kappa shape index (κ2) is 3.86. The van der Waals surface area contributed by atoms with Crippen molar-refractivity contribution in [2.45, 2.75) is 20.0 Å². The van der Waals surface area contributed by atoms with Gasteiger partial charge in [0.25, 0.3) is 0 Å². The van der Waals surface area contributed by atoms with E-state index in [1.807, 2.05) is 6.20 Å². The Morgan fingerprint density at radius 2 is 2.25 bits per heavy atom. The Balaban J connectivity index is 2.12. The summed E-state index contributed by atoms with van der Waals surface area (Å²) in [4.78, 5) is 6.96. The summed E-state index contributed by atoms with van der Waals surface area (Å²) >= 11 is 3.47. The lowest BCUT2D eigenvalue weighted by molar-refractivity contribution is 0.234. The molecule has 3 heterocycles. The van der Waals surface area contributed by atoms with Crippen LogP contribution in [0.15, 0.2) is 22.8 Å². The zero-order chi connectivity index (χ0) is 11.1. The van der Waals surface area contributed by atoms with Gasteiger partial charge in [-0.05, 0) is 34.6 Å². The van der Waals surface area contributed by atoms with Crippen LogP contribution in [0.3, 0.4) is 0 Å². The number of rotatable bonds is 1. The molecule has 0 atom stereocenters. The lowest BCUT2D eigenvalue weighted by Crippen LogP contribution is -2.33. The lowest BCUT2D eigenvalue weighted by Gasteiger charge is -2.27. The van der Waals surface area contributed by atoms with Gasteiger partial charge in [-0.1, -0.05) is 6.92 Å². The molecule has 0 unspecified atom stereocenters. The molecule has 4 heteroatoms. The largest absolute Gasteiger partial charge is 0.327 e. The van der Waals surface area contributed by atoms with E-state index in [9.17, 15) is 0 Å². The zero-order valence-corrected chi connectivity index (χ0v) is 10.9. The lowest BCUT2D eigenvalue weighted by atomic mass is 10.3. The number of pyridine rings is 1. The number of aromatic nitrogens is 2. The Labute approximate surface area is 103 Å². The number of halogens is 1. The Hall–Kier alpha value is -0.870. The van der Waals surface area contributed by atoms with E-state index in [-0.39, 0.29) is 0 Å². The monoisotopic (exact) mass is 279 g/mol. The number of nitrogens with zero attached hydrogens (tertiary/aromatic N) is 3. The van der Waals surface area contributed by atoms with Crippen molar-refractivity contribution in [3.05, 3.63) is 28.5 Å². The summed E-state index contributed by atoms with van der Waals surface area (Å²) in [5, 5.41) is 1.24. The van der Waals surface area contributed by atoms with E-state index < -0.39 is 0 Å². The van der Waals surface area contributed by atoms with Crippen LogP contribution in [-0.4, -0.2) is 27.5 Å². The van der Waals surface area contributed by atoms with Crippen molar-refractivity contribution >= 4 is 27.0 Å². The van der Waals surface area contributed by atoms with Gasteiger partial charge in [0.15, 0.2) is 0 Å². The van der Waals surface area contributed by atoms with Crippen molar-refractivity contribution in [3.8, 4) is 0 Å². The highest BCUT2D eigenvalue weighted by atomic mass is 79.9. The maximum Gasteiger partial charge on any atom is 0.140 e. The van der Waals surface area contributed by atoms with Gasteiger partial charge in [0.05, 0.1) is 0 Å². The topological polar surface area (TPSA) is 21.1 Å². The molecular formula is C12H14BrN3. The number of likely N-dealkylation sites (N-methyl/N-ethyl adjacent to an activating group) is 1. The molecule has 0 N–H and O–H groups in total. The Morgan fingerprint density at radius 3 is 3.06 bits per heavy atom. The molecule has 0 saturated carbocycles. The van der Waals surface area contributed by atoms with E-state index in [1.54, 1.807) is 0 Å². The molecule has 3 rings (SSSR count). The van der Waals surface area contributed by atoms with E-state index in [2.05, 4.69) is 49.4 Å². The Morgan fingerprint density at radius 1 is 1.38 bits per heavy atom. The first-order chi connectivity index (χ1) is 7.78. The van der Waals surface area contributed by atoms with Gasteiger partial charge >= 0.3 is 0 Å². The van der Waals surface area contributed by atoms with Gasteiger partial charge in [-0.25, -0.2) is 4.98 Å². The fraction of sp³-hybridized carbons (Fsp3) is 0.417. The van der Waals surface area contributed by atoms with E-state index >= 15 is 0 Å². The molecule has 1 aliphatic rings. The second-order valence-electron chi connectivity index (χ2n) is 4.22. The number of hydrogen-bond donors (Lipinski definition) is 0. The SMILES string of the molecule is CCN1CCn2c(cc3cc(Br)cnc32)C1. The van der Waals surface area contributed by atoms with Gasteiger partial charge in [-0.2, -0.15) is 0 Å². The predicted octanol–water partition coefficient (Wildman–Crippen LogP) is 2.63. The van der Waals surface area contributed by atoms with Crippen LogP contribution >= 0.6 is 15.9 Å². The van der Waals surface area contributed by atoms with Crippen LogP contribution in [0.1, 0.15) is 12.6 Å². The van der Waals surface area contributed by atoms with Gasteiger partial charge in [-0.3, -0.25) is 4.90 Å². The zero-order valence-electron chi connectivity index (χ0n) is 9.28. The first kappa shape index (κ1) is 10.3. The average molecular weight is 280 g/mol. The summed E-state index contributed by atoms with van der Waals surface area (Å²) in [5.74, 6) is 0. The fourth-order valence-corrected chi connectivity index (χ4v) is 2.72. The van der Waals surface area contributed by atoms with Gasteiger partial charge in [0, 0.05) is 41.4 Å². The van der Waals surface area contributed by atoms with Crippen molar-refractivity contribution in [2.75, 3.05) is 13.1 Å². The third kappa shape index (κ3) is 1.57. The van der Waals surface area contributed by atoms with E-state index in [0.29, 0.717) is 0 Å². The highest BCUT2D eigenvalue weighted by Crippen LogP contribution is 2.24. The smallest absolute Gasteiger partial charge is 0.140 e. The van der Waals surface area contributed by atoms with Crippen LogP contribution in [0.2, 0.25) is 0 Å². The first-order valence-corrected chi connectivity index (χ1v) is 6.43. The van der Waals surface area contributed by atoms with Crippen molar-refractivity contribution in [2.24, 2.45) is 0 Å². The van der Waals surface area contributed by atoms with Crippen molar-refractivity contribution in [3.63, 3.8) is 0 Å². The van der Waals surface area contributed by atoms with Crippen molar-refractivity contribution < 1.29 is 0 Å². The van der Waals surface area contributed by atoms with E-state index in [0.717, 1.165) is 36.3 Å². The molecule has 84 valence electrons. The molecule has 0 aliphatic carbocycles. The molecule has 2 aromatic heterocycles. The molecule has 0 fully saturated rings. The average Bonchev–Trinajstić information content (AvgIpc) is 2.64. The van der Waals surface area contributed by atoms with Gasteiger partial charge in [0.2, 0.25) is 0 Å². The Bertz CT molecular complexity index is 532. The molecule has 0 radical (unpaired) electrons. The second-order valence-corrected chi connectivity index (χ2v) is 5.14. The maximum atomic E-state index is 4.50. The van der Waals surface area contributed by atoms with Gasteiger partial charge < -0.3 is 4.57 Å². The van der Waals surface area contributed by atoms with Crippen LogP contribution in [0.4, 0.5) is 0 Å². The predicted molar refractivity (Wildman–Crippen MR) is 68.4 cm³/mol. The maximum absolute atomic E-state index is 4.50. The van der Waals surface area contributed by atoms with E-state index in [4.69, 9.17) is 0 Å². The normalized spacial score (nSPS) is 16.6. The summed E-state index contributed by atoms with van der Waals surface area (Å²) < 4.78 is 3.39. The van der Waals surface area contributed by atoms with Crippen LogP contribution in [-0.2, 0) is 13.1 Å². The molecule has 0 aromatic carbocycles. The van der Waals surface area contributed by atoms with Gasteiger partial charge in [0.1, 0.15) is 5.65 Å². The van der Waals surface area contributed by atoms with Crippen LogP contribution in [0, 0.1) is 0 Å². The number of fused-ring (bicyclic) bond motifs is 3. The fourth-order valence-electron chi connectivity index (χ4n) is 2.37. The molecule has 16 heavy (non-hydrogen) atoms. The molecule has 3 nitrogen and oxygen atoms in total. The highest BCUT2D eigenvalue weighted by Gasteiger charge is 2.17. The minimum Gasteiger partial charge on any atom is -0.327 e. The third-order valence-electron chi connectivity index (χ3n) is 3.26. The molecule has 0 bridgehead atoms. The Kier molecular flexibility index (Phi) is 2.48. The molecule has 1 aliphatic heterocycles. The van der Waals surface area contributed by atoms with E-state index in [1.165, 1.54) is 11.1 Å². The molecule has 0 amide bonds. The molecule has 0 spiro atoms. The third-order valence-corrected chi connectivity index (χ3v) is 3.69. The van der Waals surface area contributed by atoms with Crippen LogP contribution in [0.5, 0.6) is 0 Å². The summed E-state index contributed by atoms with van der Waals surface area (Å²) in [6.07, 6.45) is 1.88. The molecule has 2 aromatic rings. The quantitative estimate of drug-likeness (QED) is 0.800. The minimum absolute atomic E-state index is 1.05. The first-order valence-electron chi connectivity index (χ1n) is 5.64. The summed E-state index contributed by atoms with van der Waals surface area (Å²) in [6.45, 7) is 6.57. The van der Waals surface area contributed by atoms with Crippen molar-refractivity contribution in [1.82, 2.24) is 14.5 Å². The summed E-state index contributed by atoms with van der Waals surface area (Å²) in [6, 6.07) is 4.40. The molecule has 0 saturated heterocycles. The summed E-state index contributed by atoms with van der Waals surface area (Å²) in [7, 11) is 0.